The van der Waals surface area contributed by atoms with Gasteiger partial charge >= 0.3 is 0 Å². The van der Waals surface area contributed by atoms with Crippen molar-refractivity contribution in [2.45, 2.75) is 43.8 Å². The maximum absolute atomic E-state index is 11.2. The van der Waals surface area contributed by atoms with Crippen molar-refractivity contribution in [2.24, 2.45) is 5.73 Å². The highest BCUT2D eigenvalue weighted by molar-refractivity contribution is 5.75. The van der Waals surface area contributed by atoms with Gasteiger partial charge in [-0.3, -0.25) is 4.79 Å². The molecule has 0 spiro atoms. The Morgan fingerprint density at radius 3 is 2.75 bits per heavy atom. The van der Waals surface area contributed by atoms with Crippen LogP contribution < -0.4 is 10.5 Å². The number of primary amides is 1. The van der Waals surface area contributed by atoms with Gasteiger partial charge in [-0.15, -0.1) is 0 Å². The van der Waals surface area contributed by atoms with E-state index >= 15 is 0 Å². The van der Waals surface area contributed by atoms with Crippen LogP contribution in [0.25, 0.3) is 5.69 Å². The Balaban J connectivity index is 1.72. The molecule has 2 fully saturated rings. The van der Waals surface area contributed by atoms with Gasteiger partial charge in [-0.05, 0) is 43.5 Å². The molecule has 0 aliphatic carbocycles. The van der Waals surface area contributed by atoms with Gasteiger partial charge < -0.3 is 15.2 Å². The zero-order chi connectivity index (χ0) is 16.7. The number of ether oxygens (including phenoxy) is 2. The number of hydrogen-bond donors (Lipinski definition) is 1. The first-order valence-electron chi connectivity index (χ1n) is 8.18. The van der Waals surface area contributed by atoms with Gasteiger partial charge in [0.25, 0.3) is 0 Å². The average molecular weight is 328 g/mol. The second-order valence-corrected chi connectivity index (χ2v) is 6.36. The molecule has 3 heterocycles. The Bertz CT molecular complexity index is 756. The van der Waals surface area contributed by atoms with Crippen molar-refractivity contribution in [1.29, 1.82) is 0 Å². The molecule has 0 radical (unpaired) electrons. The third-order valence-corrected chi connectivity index (χ3v) is 4.76. The molecule has 126 valence electrons. The summed E-state index contributed by atoms with van der Waals surface area (Å²) >= 11 is 0. The molecule has 2 N–H and O–H groups in total. The molecule has 0 saturated carbocycles. The minimum absolute atomic E-state index is 0.0395. The highest BCUT2D eigenvalue weighted by atomic mass is 16.5. The highest BCUT2D eigenvalue weighted by Crippen LogP contribution is 2.44. The first kappa shape index (κ1) is 15.1. The molecule has 2 bridgehead atoms. The summed E-state index contributed by atoms with van der Waals surface area (Å²) in [5.74, 6) is 1.86. The zero-order valence-corrected chi connectivity index (χ0v) is 13.5. The Morgan fingerprint density at radius 2 is 2.17 bits per heavy atom. The summed E-state index contributed by atoms with van der Waals surface area (Å²) in [7, 11) is 1.63. The number of hydrogen-bond acceptors (Lipinski definition) is 5. The third kappa shape index (κ3) is 2.65. The molecule has 2 aliphatic rings. The van der Waals surface area contributed by atoms with Gasteiger partial charge in [-0.25, -0.2) is 9.67 Å². The van der Waals surface area contributed by atoms with Crippen LogP contribution in [0.2, 0.25) is 0 Å². The summed E-state index contributed by atoms with van der Waals surface area (Å²) in [6.45, 7) is 0. The number of aromatic nitrogens is 3. The number of nitrogens with zero attached hydrogens (tertiary/aromatic N) is 3. The van der Waals surface area contributed by atoms with Gasteiger partial charge in [0, 0.05) is 5.92 Å². The van der Waals surface area contributed by atoms with Gasteiger partial charge in [0.1, 0.15) is 11.6 Å². The maximum atomic E-state index is 11.2. The fourth-order valence-electron chi connectivity index (χ4n) is 3.66. The molecule has 1 aromatic heterocycles. The quantitative estimate of drug-likeness (QED) is 0.894. The SMILES string of the molecule is COc1ccc(-n2nc(CC(N)=O)nc2[C@H]2C[C@@H]3CC[C@H]2O3)cc1. The number of carbonyl (C=O) groups is 1. The van der Waals surface area contributed by atoms with Crippen LogP contribution in [-0.4, -0.2) is 40.0 Å². The van der Waals surface area contributed by atoms with Gasteiger partial charge in [0.15, 0.2) is 5.82 Å². The Hall–Kier alpha value is -2.41. The first-order chi connectivity index (χ1) is 11.6. The van der Waals surface area contributed by atoms with Crippen molar-refractivity contribution in [1.82, 2.24) is 14.8 Å². The van der Waals surface area contributed by atoms with E-state index in [0.29, 0.717) is 11.9 Å². The number of benzene rings is 1. The van der Waals surface area contributed by atoms with E-state index in [1.54, 1.807) is 7.11 Å². The predicted molar refractivity (Wildman–Crippen MR) is 86.1 cm³/mol. The standard InChI is InChI=1S/C17H20N4O3/c1-23-11-4-2-10(3-5-11)21-17(19-16(20-21)9-15(18)22)13-8-12-6-7-14(13)24-12/h2-5,12-14H,6-9H2,1H3,(H2,18,22)/t12-,13-,14+/m0/s1. The fourth-order valence-corrected chi connectivity index (χ4v) is 3.66. The second-order valence-electron chi connectivity index (χ2n) is 6.36. The van der Waals surface area contributed by atoms with Crippen LogP contribution in [0, 0.1) is 0 Å². The lowest BCUT2D eigenvalue weighted by atomic mass is 9.88. The van der Waals surface area contributed by atoms with Gasteiger partial charge in [0.05, 0.1) is 31.4 Å². The molecule has 7 heteroatoms. The molecule has 2 saturated heterocycles. The van der Waals surface area contributed by atoms with Gasteiger partial charge in [0.2, 0.25) is 5.91 Å². The van der Waals surface area contributed by atoms with E-state index in [0.717, 1.165) is 36.5 Å². The third-order valence-electron chi connectivity index (χ3n) is 4.76. The summed E-state index contributed by atoms with van der Waals surface area (Å²) in [5.41, 5.74) is 6.19. The molecule has 0 unspecified atom stereocenters. The van der Waals surface area contributed by atoms with Crippen molar-refractivity contribution in [3.8, 4) is 11.4 Å². The number of fused-ring (bicyclic) bond motifs is 2. The molecule has 3 atom stereocenters. The molecule has 7 nitrogen and oxygen atoms in total. The summed E-state index contributed by atoms with van der Waals surface area (Å²) in [5, 5.41) is 4.51. The Morgan fingerprint density at radius 1 is 1.38 bits per heavy atom. The van der Waals surface area contributed by atoms with Gasteiger partial charge in [-0.2, -0.15) is 5.10 Å². The minimum Gasteiger partial charge on any atom is -0.497 e. The van der Waals surface area contributed by atoms with E-state index in [1.807, 2.05) is 28.9 Å². The fraction of sp³-hybridized carbons (Fsp3) is 0.471. The highest BCUT2D eigenvalue weighted by Gasteiger charge is 2.44. The number of nitrogens with two attached hydrogens (primary N) is 1. The van der Waals surface area contributed by atoms with Crippen LogP contribution in [0.4, 0.5) is 0 Å². The molecule has 2 aliphatic heterocycles. The van der Waals surface area contributed by atoms with Crippen LogP contribution >= 0.6 is 0 Å². The first-order valence-corrected chi connectivity index (χ1v) is 8.18. The lowest BCUT2D eigenvalue weighted by Gasteiger charge is -2.18. The number of rotatable bonds is 5. The summed E-state index contributed by atoms with van der Waals surface area (Å²) in [6.07, 6.45) is 3.67. The van der Waals surface area contributed by atoms with E-state index in [4.69, 9.17) is 15.2 Å². The van der Waals surface area contributed by atoms with E-state index < -0.39 is 5.91 Å². The Labute approximate surface area is 139 Å². The summed E-state index contributed by atoms with van der Waals surface area (Å²) in [6, 6.07) is 7.62. The van der Waals surface area contributed by atoms with Crippen molar-refractivity contribution >= 4 is 5.91 Å². The summed E-state index contributed by atoms with van der Waals surface area (Å²) in [4.78, 5) is 15.9. The van der Waals surface area contributed by atoms with E-state index in [1.165, 1.54) is 0 Å². The summed E-state index contributed by atoms with van der Waals surface area (Å²) < 4.78 is 13.0. The van der Waals surface area contributed by atoms with Gasteiger partial charge in [-0.1, -0.05) is 0 Å². The number of amides is 1. The zero-order valence-electron chi connectivity index (χ0n) is 13.5. The van der Waals surface area contributed by atoms with Crippen LogP contribution in [0.1, 0.15) is 36.8 Å². The smallest absolute Gasteiger partial charge is 0.225 e. The molecule has 4 rings (SSSR count). The Kier molecular flexibility index (Phi) is 3.72. The lowest BCUT2D eigenvalue weighted by molar-refractivity contribution is -0.117. The number of carbonyl (C=O) groups excluding carboxylic acids is 1. The molecule has 2 aromatic rings. The van der Waals surface area contributed by atoms with E-state index in [2.05, 4.69) is 10.1 Å². The van der Waals surface area contributed by atoms with E-state index in [9.17, 15) is 4.79 Å². The van der Waals surface area contributed by atoms with Crippen molar-refractivity contribution < 1.29 is 14.3 Å². The average Bonchev–Trinajstić information content (AvgIpc) is 3.29. The second kappa shape index (κ2) is 5.90. The lowest BCUT2D eigenvalue weighted by Crippen LogP contribution is -2.19. The minimum atomic E-state index is -0.433. The van der Waals surface area contributed by atoms with Crippen molar-refractivity contribution in [2.75, 3.05) is 7.11 Å². The molecule has 1 amide bonds. The monoisotopic (exact) mass is 328 g/mol. The van der Waals surface area contributed by atoms with Crippen molar-refractivity contribution in [3.63, 3.8) is 0 Å². The van der Waals surface area contributed by atoms with Crippen LogP contribution in [-0.2, 0) is 16.0 Å². The van der Waals surface area contributed by atoms with Crippen LogP contribution in [0.5, 0.6) is 5.75 Å². The molecule has 24 heavy (non-hydrogen) atoms. The topological polar surface area (TPSA) is 92.3 Å². The largest absolute Gasteiger partial charge is 0.497 e. The normalized spacial score (nSPS) is 25.1. The predicted octanol–water partition coefficient (Wildman–Crippen LogP) is 1.34. The molecular weight excluding hydrogens is 308 g/mol. The molecule has 1 aromatic carbocycles. The maximum Gasteiger partial charge on any atom is 0.225 e. The van der Waals surface area contributed by atoms with Crippen molar-refractivity contribution in [3.05, 3.63) is 35.9 Å². The van der Waals surface area contributed by atoms with E-state index in [-0.39, 0.29) is 18.4 Å². The van der Waals surface area contributed by atoms with Crippen LogP contribution in [0.15, 0.2) is 24.3 Å². The number of methoxy groups -OCH3 is 1. The molecular formula is C17H20N4O3. The van der Waals surface area contributed by atoms with Crippen LogP contribution in [0.3, 0.4) is 0 Å².